The van der Waals surface area contributed by atoms with Crippen LogP contribution in [0.25, 0.3) is 0 Å². The summed E-state index contributed by atoms with van der Waals surface area (Å²) >= 11 is 0. The Balaban J connectivity index is 2.92. The lowest BCUT2D eigenvalue weighted by Crippen LogP contribution is -2.19. The molecule has 4 heteroatoms. The molecule has 0 saturated carbocycles. The summed E-state index contributed by atoms with van der Waals surface area (Å²) < 4.78 is 10.2. The van der Waals surface area contributed by atoms with E-state index in [0.29, 0.717) is 5.76 Å². The number of hydrogen-bond acceptors (Lipinski definition) is 4. The van der Waals surface area contributed by atoms with Crippen molar-refractivity contribution in [1.29, 1.82) is 0 Å². The second kappa shape index (κ2) is 4.47. The monoisotopic (exact) mass is 212 g/mol. The van der Waals surface area contributed by atoms with Crippen LogP contribution in [-0.4, -0.2) is 24.5 Å². The van der Waals surface area contributed by atoms with Crippen molar-refractivity contribution in [1.82, 2.24) is 0 Å². The van der Waals surface area contributed by atoms with Crippen LogP contribution in [0, 0.1) is 5.92 Å². The lowest BCUT2D eigenvalue weighted by molar-refractivity contribution is -0.143. The molecule has 1 rings (SSSR count). The fourth-order valence-electron chi connectivity index (χ4n) is 1.37. The fraction of sp³-hybridized carbons (Fsp3) is 0.636. The molecule has 84 valence electrons. The lowest BCUT2D eigenvalue weighted by Gasteiger charge is -2.10. The van der Waals surface area contributed by atoms with Crippen molar-refractivity contribution in [3.05, 3.63) is 11.3 Å². The van der Waals surface area contributed by atoms with Crippen LogP contribution in [0.1, 0.15) is 27.7 Å². The van der Waals surface area contributed by atoms with Gasteiger partial charge in [-0.2, -0.15) is 0 Å². The highest BCUT2D eigenvalue weighted by atomic mass is 16.5. The molecule has 0 aliphatic carbocycles. The summed E-state index contributed by atoms with van der Waals surface area (Å²) in [6.45, 7) is 7.19. The molecule has 0 amide bonds. The van der Waals surface area contributed by atoms with Gasteiger partial charge in [-0.15, -0.1) is 0 Å². The smallest absolute Gasteiger partial charge is 0.345 e. The zero-order valence-corrected chi connectivity index (χ0v) is 9.49. The Morgan fingerprint density at radius 2 is 1.93 bits per heavy atom. The number of carbonyl (C=O) groups excluding carboxylic acids is 2. The summed E-state index contributed by atoms with van der Waals surface area (Å²) in [4.78, 5) is 23.0. The van der Waals surface area contributed by atoms with Crippen LogP contribution in [0.2, 0.25) is 0 Å². The van der Waals surface area contributed by atoms with Crippen molar-refractivity contribution in [2.45, 2.75) is 33.8 Å². The van der Waals surface area contributed by atoms with Crippen LogP contribution in [0.5, 0.6) is 0 Å². The van der Waals surface area contributed by atoms with E-state index in [2.05, 4.69) is 0 Å². The molecule has 0 bridgehead atoms. The first-order valence-electron chi connectivity index (χ1n) is 5.04. The first-order valence-corrected chi connectivity index (χ1v) is 5.04. The average Bonchev–Trinajstić information content (AvgIpc) is 2.45. The van der Waals surface area contributed by atoms with Gasteiger partial charge < -0.3 is 9.47 Å². The third-order valence-electron chi connectivity index (χ3n) is 1.96. The normalized spacial score (nSPS) is 16.3. The number of Topliss-reactive ketones (excluding diaryl/α,β-unsaturated/α-hetero) is 1. The molecule has 1 aliphatic heterocycles. The standard InChI is InChI=1S/C11H16O4/c1-6(2)10-9(8(12)5-14-10)11(13)15-7(3)4/h6-7H,5H2,1-4H3. The van der Waals surface area contributed by atoms with Gasteiger partial charge in [0.1, 0.15) is 11.3 Å². The maximum atomic E-state index is 11.6. The summed E-state index contributed by atoms with van der Waals surface area (Å²) in [6.07, 6.45) is -0.230. The maximum Gasteiger partial charge on any atom is 0.345 e. The maximum absolute atomic E-state index is 11.6. The van der Waals surface area contributed by atoms with Crippen molar-refractivity contribution in [2.24, 2.45) is 5.92 Å². The molecule has 0 aromatic heterocycles. The number of ketones is 1. The van der Waals surface area contributed by atoms with E-state index in [1.165, 1.54) is 0 Å². The van der Waals surface area contributed by atoms with E-state index in [9.17, 15) is 9.59 Å². The highest BCUT2D eigenvalue weighted by Gasteiger charge is 2.33. The summed E-state index contributed by atoms with van der Waals surface area (Å²) in [5.74, 6) is -0.391. The number of hydrogen-bond donors (Lipinski definition) is 0. The largest absolute Gasteiger partial charge is 0.488 e. The third kappa shape index (κ3) is 2.58. The van der Waals surface area contributed by atoms with Crippen LogP contribution in [0.15, 0.2) is 11.3 Å². The molecule has 15 heavy (non-hydrogen) atoms. The van der Waals surface area contributed by atoms with Gasteiger partial charge in [-0.3, -0.25) is 4.79 Å². The minimum atomic E-state index is -0.573. The minimum absolute atomic E-state index is 0.0196. The minimum Gasteiger partial charge on any atom is -0.488 e. The zero-order valence-electron chi connectivity index (χ0n) is 9.49. The van der Waals surface area contributed by atoms with E-state index >= 15 is 0 Å². The van der Waals surface area contributed by atoms with Crippen molar-refractivity contribution in [3.63, 3.8) is 0 Å². The highest BCUT2D eigenvalue weighted by Crippen LogP contribution is 2.24. The number of esters is 1. The van der Waals surface area contributed by atoms with Crippen LogP contribution >= 0.6 is 0 Å². The average molecular weight is 212 g/mol. The Labute approximate surface area is 89.2 Å². The SMILES string of the molecule is CC(C)OC(=O)C1=C(C(C)C)OCC1=O. The number of carbonyl (C=O) groups is 2. The van der Waals surface area contributed by atoms with Gasteiger partial charge in [0.2, 0.25) is 5.78 Å². The van der Waals surface area contributed by atoms with Crippen molar-refractivity contribution >= 4 is 11.8 Å². The van der Waals surface area contributed by atoms with Gasteiger partial charge in [0.15, 0.2) is 6.61 Å². The Bertz CT molecular complexity index is 313. The molecule has 0 N–H and O–H groups in total. The van der Waals surface area contributed by atoms with Crippen molar-refractivity contribution in [2.75, 3.05) is 6.61 Å². The molecule has 0 spiro atoms. The van der Waals surface area contributed by atoms with E-state index in [-0.39, 0.29) is 30.0 Å². The summed E-state index contributed by atoms with van der Waals surface area (Å²) in [5, 5.41) is 0. The zero-order chi connectivity index (χ0) is 11.6. The molecule has 0 radical (unpaired) electrons. The van der Waals surface area contributed by atoms with Gasteiger partial charge in [0.05, 0.1) is 6.10 Å². The van der Waals surface area contributed by atoms with E-state index in [4.69, 9.17) is 9.47 Å². The molecule has 0 aromatic carbocycles. The first-order chi connectivity index (χ1) is 6.93. The predicted octanol–water partition coefficient (Wildman–Crippen LogP) is 1.45. The quantitative estimate of drug-likeness (QED) is 0.525. The Morgan fingerprint density at radius 1 is 1.33 bits per heavy atom. The van der Waals surface area contributed by atoms with Crippen LogP contribution < -0.4 is 0 Å². The second-order valence-electron chi connectivity index (χ2n) is 4.06. The molecule has 1 heterocycles. The summed E-state index contributed by atoms with van der Waals surface area (Å²) in [6, 6.07) is 0. The Kier molecular flexibility index (Phi) is 3.50. The van der Waals surface area contributed by atoms with Crippen LogP contribution in [-0.2, 0) is 19.1 Å². The Morgan fingerprint density at radius 3 is 2.40 bits per heavy atom. The molecular formula is C11H16O4. The van der Waals surface area contributed by atoms with E-state index in [1.54, 1.807) is 13.8 Å². The van der Waals surface area contributed by atoms with Gasteiger partial charge in [-0.1, -0.05) is 13.8 Å². The van der Waals surface area contributed by atoms with Crippen molar-refractivity contribution < 1.29 is 19.1 Å². The molecule has 0 unspecified atom stereocenters. The van der Waals surface area contributed by atoms with Gasteiger partial charge >= 0.3 is 5.97 Å². The summed E-state index contributed by atoms with van der Waals surface area (Å²) in [5.41, 5.74) is 0.0821. The molecule has 0 atom stereocenters. The van der Waals surface area contributed by atoms with Gasteiger partial charge in [0.25, 0.3) is 0 Å². The second-order valence-corrected chi connectivity index (χ2v) is 4.06. The fourth-order valence-corrected chi connectivity index (χ4v) is 1.37. The summed E-state index contributed by atoms with van der Waals surface area (Å²) in [7, 11) is 0. The van der Waals surface area contributed by atoms with E-state index < -0.39 is 5.97 Å². The molecule has 0 saturated heterocycles. The highest BCUT2D eigenvalue weighted by molar-refractivity contribution is 6.19. The molecule has 4 nitrogen and oxygen atoms in total. The van der Waals surface area contributed by atoms with Gasteiger partial charge in [0, 0.05) is 5.92 Å². The van der Waals surface area contributed by atoms with Crippen molar-refractivity contribution in [3.8, 4) is 0 Å². The van der Waals surface area contributed by atoms with Gasteiger partial charge in [-0.05, 0) is 13.8 Å². The van der Waals surface area contributed by atoms with Crippen LogP contribution in [0.3, 0.4) is 0 Å². The number of allylic oxidation sites excluding steroid dienone is 1. The number of rotatable bonds is 3. The third-order valence-corrected chi connectivity index (χ3v) is 1.96. The van der Waals surface area contributed by atoms with E-state index in [0.717, 1.165) is 0 Å². The number of ether oxygens (including phenoxy) is 2. The van der Waals surface area contributed by atoms with Gasteiger partial charge in [-0.25, -0.2) is 4.79 Å². The Hall–Kier alpha value is -1.32. The lowest BCUT2D eigenvalue weighted by atomic mass is 10.1. The predicted molar refractivity (Wildman–Crippen MR) is 54.1 cm³/mol. The first kappa shape index (κ1) is 11.8. The molecule has 0 aromatic rings. The molecular weight excluding hydrogens is 196 g/mol. The van der Waals surface area contributed by atoms with Crippen LogP contribution in [0.4, 0.5) is 0 Å². The van der Waals surface area contributed by atoms with E-state index in [1.807, 2.05) is 13.8 Å². The topological polar surface area (TPSA) is 52.6 Å². The molecule has 1 aliphatic rings. The molecule has 0 fully saturated rings.